The number of rotatable bonds is 4. The Morgan fingerprint density at radius 1 is 0.862 bits per heavy atom. The van der Waals surface area contributed by atoms with Gasteiger partial charge < -0.3 is 0 Å². The highest BCUT2D eigenvalue weighted by atomic mass is 16.2. The van der Waals surface area contributed by atoms with Crippen LogP contribution < -0.4 is 5.01 Å². The summed E-state index contributed by atoms with van der Waals surface area (Å²) >= 11 is 0. The molecule has 1 heterocycles. The molecule has 3 aromatic rings. The van der Waals surface area contributed by atoms with E-state index in [1.807, 2.05) is 93.6 Å². The smallest absolute Gasteiger partial charge is 0.269 e. The standard InChI is InChI=1S/C24H22N4O/c1-16-9-12-20(13-10-16)25-26-23-22(19-7-5-4-6-8-19)27-28(24(23)29)21-14-11-17(2)15-18(21)3/h4-15,23H,1-3H3. The molecule has 5 heteroatoms. The summed E-state index contributed by atoms with van der Waals surface area (Å²) in [4.78, 5) is 13.3. The monoisotopic (exact) mass is 382 g/mol. The van der Waals surface area contributed by atoms with Crippen molar-refractivity contribution in [1.29, 1.82) is 0 Å². The average Bonchev–Trinajstić information content (AvgIpc) is 3.04. The van der Waals surface area contributed by atoms with Gasteiger partial charge in [-0.2, -0.15) is 20.3 Å². The second-order valence-corrected chi connectivity index (χ2v) is 7.24. The van der Waals surface area contributed by atoms with Crippen LogP contribution in [0.3, 0.4) is 0 Å². The molecule has 4 rings (SSSR count). The fourth-order valence-electron chi connectivity index (χ4n) is 3.32. The topological polar surface area (TPSA) is 57.4 Å². The summed E-state index contributed by atoms with van der Waals surface area (Å²) in [5.74, 6) is -0.202. The minimum absolute atomic E-state index is 0.202. The van der Waals surface area contributed by atoms with E-state index in [1.165, 1.54) is 5.01 Å². The number of azo groups is 1. The number of amides is 1. The van der Waals surface area contributed by atoms with Crippen LogP contribution in [0.2, 0.25) is 0 Å². The molecule has 144 valence electrons. The Balaban J connectivity index is 1.74. The van der Waals surface area contributed by atoms with Gasteiger partial charge in [0.15, 0.2) is 6.04 Å². The van der Waals surface area contributed by atoms with E-state index in [4.69, 9.17) is 0 Å². The zero-order chi connectivity index (χ0) is 20.4. The lowest BCUT2D eigenvalue weighted by Gasteiger charge is -2.15. The first kappa shape index (κ1) is 18.7. The van der Waals surface area contributed by atoms with Crippen molar-refractivity contribution in [2.24, 2.45) is 15.3 Å². The number of nitrogens with zero attached hydrogens (tertiary/aromatic N) is 4. The molecule has 0 bridgehead atoms. The number of aryl methyl sites for hydroxylation is 3. The maximum atomic E-state index is 13.3. The van der Waals surface area contributed by atoms with Crippen LogP contribution in [0.5, 0.6) is 0 Å². The molecule has 1 atom stereocenters. The van der Waals surface area contributed by atoms with E-state index < -0.39 is 6.04 Å². The summed E-state index contributed by atoms with van der Waals surface area (Å²) in [6, 6.07) is 22.6. The minimum atomic E-state index is -0.778. The van der Waals surface area contributed by atoms with Gasteiger partial charge in [-0.05, 0) is 44.5 Å². The van der Waals surface area contributed by atoms with E-state index in [-0.39, 0.29) is 5.91 Å². The quantitative estimate of drug-likeness (QED) is 0.549. The largest absolute Gasteiger partial charge is 0.280 e. The van der Waals surface area contributed by atoms with Gasteiger partial charge >= 0.3 is 0 Å². The van der Waals surface area contributed by atoms with Crippen LogP contribution in [0.1, 0.15) is 22.3 Å². The molecule has 1 unspecified atom stereocenters. The van der Waals surface area contributed by atoms with E-state index >= 15 is 0 Å². The van der Waals surface area contributed by atoms with Crippen molar-refractivity contribution < 1.29 is 4.79 Å². The van der Waals surface area contributed by atoms with Crippen molar-refractivity contribution in [3.63, 3.8) is 0 Å². The van der Waals surface area contributed by atoms with Crippen LogP contribution in [0.4, 0.5) is 11.4 Å². The molecule has 0 aliphatic carbocycles. The molecule has 0 spiro atoms. The molecular formula is C24H22N4O. The predicted molar refractivity (Wildman–Crippen MR) is 116 cm³/mol. The van der Waals surface area contributed by atoms with Gasteiger partial charge in [-0.1, -0.05) is 65.7 Å². The Morgan fingerprint density at radius 3 is 2.24 bits per heavy atom. The van der Waals surface area contributed by atoms with Gasteiger partial charge in [0.05, 0.1) is 11.4 Å². The fourth-order valence-corrected chi connectivity index (χ4v) is 3.32. The van der Waals surface area contributed by atoms with Gasteiger partial charge in [0.1, 0.15) is 5.71 Å². The van der Waals surface area contributed by atoms with Gasteiger partial charge in [0.2, 0.25) is 0 Å². The van der Waals surface area contributed by atoms with Gasteiger partial charge in [0.25, 0.3) is 5.91 Å². The fraction of sp³-hybridized carbons (Fsp3) is 0.167. The highest BCUT2D eigenvalue weighted by Crippen LogP contribution is 2.29. The highest BCUT2D eigenvalue weighted by molar-refractivity contribution is 6.24. The molecule has 0 fully saturated rings. The second-order valence-electron chi connectivity index (χ2n) is 7.24. The predicted octanol–water partition coefficient (Wildman–Crippen LogP) is 5.52. The lowest BCUT2D eigenvalue weighted by Crippen LogP contribution is -2.31. The van der Waals surface area contributed by atoms with E-state index in [0.717, 1.165) is 27.9 Å². The summed E-state index contributed by atoms with van der Waals surface area (Å²) in [7, 11) is 0. The lowest BCUT2D eigenvalue weighted by atomic mass is 10.0. The number of benzene rings is 3. The average molecular weight is 382 g/mol. The first-order valence-corrected chi connectivity index (χ1v) is 9.55. The van der Waals surface area contributed by atoms with Crippen molar-refractivity contribution in [2.75, 3.05) is 5.01 Å². The normalized spacial score (nSPS) is 16.5. The molecule has 1 aliphatic heterocycles. The Kier molecular flexibility index (Phi) is 5.04. The Hall–Kier alpha value is -3.60. The van der Waals surface area contributed by atoms with Crippen molar-refractivity contribution in [2.45, 2.75) is 26.8 Å². The number of hydrogen-bond donors (Lipinski definition) is 0. The zero-order valence-electron chi connectivity index (χ0n) is 16.7. The van der Waals surface area contributed by atoms with Gasteiger partial charge in [-0.25, -0.2) is 0 Å². The maximum absolute atomic E-state index is 13.3. The van der Waals surface area contributed by atoms with Crippen molar-refractivity contribution in [1.82, 2.24) is 0 Å². The number of hydrazone groups is 1. The molecule has 29 heavy (non-hydrogen) atoms. The van der Waals surface area contributed by atoms with Crippen LogP contribution in [0.25, 0.3) is 0 Å². The second kappa shape index (κ2) is 7.80. The van der Waals surface area contributed by atoms with E-state index in [2.05, 4.69) is 15.3 Å². The third-order valence-electron chi connectivity index (χ3n) is 4.88. The Labute approximate surface area is 170 Å². The van der Waals surface area contributed by atoms with Crippen LogP contribution in [0, 0.1) is 20.8 Å². The Bertz CT molecular complexity index is 1100. The highest BCUT2D eigenvalue weighted by Gasteiger charge is 2.38. The van der Waals surface area contributed by atoms with Crippen molar-refractivity contribution >= 4 is 23.0 Å². The van der Waals surface area contributed by atoms with Crippen molar-refractivity contribution in [3.05, 3.63) is 95.1 Å². The lowest BCUT2D eigenvalue weighted by molar-refractivity contribution is -0.117. The first-order chi connectivity index (χ1) is 14.0. The van der Waals surface area contributed by atoms with E-state index in [1.54, 1.807) is 0 Å². The van der Waals surface area contributed by atoms with Gasteiger partial charge in [0, 0.05) is 5.56 Å². The number of anilines is 1. The first-order valence-electron chi connectivity index (χ1n) is 9.55. The van der Waals surface area contributed by atoms with Crippen LogP contribution in [-0.2, 0) is 4.79 Å². The maximum Gasteiger partial charge on any atom is 0.280 e. The summed E-state index contributed by atoms with van der Waals surface area (Å²) in [6.45, 7) is 6.03. The summed E-state index contributed by atoms with van der Waals surface area (Å²) in [6.07, 6.45) is 0. The third kappa shape index (κ3) is 3.85. The Morgan fingerprint density at radius 2 is 1.55 bits per heavy atom. The number of carbonyl (C=O) groups is 1. The molecule has 0 radical (unpaired) electrons. The molecule has 1 amide bonds. The zero-order valence-corrected chi connectivity index (χ0v) is 16.7. The van der Waals surface area contributed by atoms with E-state index in [0.29, 0.717) is 11.4 Å². The summed E-state index contributed by atoms with van der Waals surface area (Å²) < 4.78 is 0. The molecule has 1 aliphatic rings. The van der Waals surface area contributed by atoms with Crippen molar-refractivity contribution in [3.8, 4) is 0 Å². The van der Waals surface area contributed by atoms with Gasteiger partial charge in [-0.15, -0.1) is 0 Å². The molecule has 0 N–H and O–H groups in total. The van der Waals surface area contributed by atoms with Crippen LogP contribution in [-0.4, -0.2) is 17.7 Å². The van der Waals surface area contributed by atoms with Gasteiger partial charge in [-0.3, -0.25) is 4.79 Å². The summed E-state index contributed by atoms with van der Waals surface area (Å²) in [5, 5.41) is 14.8. The molecule has 0 aromatic heterocycles. The third-order valence-corrected chi connectivity index (χ3v) is 4.88. The summed E-state index contributed by atoms with van der Waals surface area (Å²) in [5.41, 5.74) is 6.22. The number of carbonyl (C=O) groups excluding carboxylic acids is 1. The molecule has 5 nitrogen and oxygen atoms in total. The van der Waals surface area contributed by atoms with Crippen LogP contribution in [0.15, 0.2) is 88.1 Å². The SMILES string of the molecule is Cc1ccc(N=NC2C(=O)N(c3ccc(C)cc3C)N=C2c2ccccc2)cc1. The van der Waals surface area contributed by atoms with Crippen LogP contribution >= 0.6 is 0 Å². The number of hydrogen-bond acceptors (Lipinski definition) is 4. The molecular weight excluding hydrogens is 360 g/mol. The molecule has 0 saturated carbocycles. The molecule has 0 saturated heterocycles. The minimum Gasteiger partial charge on any atom is -0.269 e. The molecule has 3 aromatic carbocycles. The van der Waals surface area contributed by atoms with E-state index in [9.17, 15) is 4.79 Å².